The Morgan fingerprint density at radius 3 is 2.43 bits per heavy atom. The number of nitrogens with zero attached hydrogens (tertiary/aromatic N) is 7. The highest BCUT2D eigenvalue weighted by Gasteiger charge is 2.14. The zero-order chi connectivity index (χ0) is 19.7. The predicted octanol–water partition coefficient (Wildman–Crippen LogP) is 1.60. The van der Waals surface area contributed by atoms with Crippen LogP contribution in [0, 0.1) is 0 Å². The summed E-state index contributed by atoms with van der Waals surface area (Å²) in [5.41, 5.74) is 2.04. The van der Waals surface area contributed by atoms with Crippen LogP contribution in [0.1, 0.15) is 5.56 Å². The second-order valence-electron chi connectivity index (χ2n) is 6.66. The summed E-state index contributed by atoms with van der Waals surface area (Å²) < 4.78 is 1.66. The molecule has 3 aromatic heterocycles. The number of nitrogens with one attached hydrogen (secondary N) is 1. The van der Waals surface area contributed by atoms with Crippen molar-refractivity contribution in [2.24, 2.45) is 0 Å². The first-order valence-electron chi connectivity index (χ1n) is 8.76. The monoisotopic (exact) mass is 376 g/mol. The van der Waals surface area contributed by atoms with Gasteiger partial charge in [0.05, 0.1) is 11.9 Å². The maximum Gasteiger partial charge on any atom is 0.263 e. The van der Waals surface area contributed by atoms with Crippen LogP contribution < -0.4 is 15.4 Å². The highest BCUT2D eigenvalue weighted by Crippen LogP contribution is 2.16. The molecule has 4 rings (SSSR count). The topological polar surface area (TPSA) is 95.8 Å². The van der Waals surface area contributed by atoms with Gasteiger partial charge in [-0.05, 0) is 12.1 Å². The molecule has 0 aliphatic heterocycles. The predicted molar refractivity (Wildman–Crippen MR) is 108 cm³/mol. The summed E-state index contributed by atoms with van der Waals surface area (Å²) >= 11 is 0. The second kappa shape index (κ2) is 7.10. The molecular formula is C19H20N8O. The highest BCUT2D eigenvalue weighted by atomic mass is 16.1. The average molecular weight is 376 g/mol. The Hall–Kier alpha value is -3.75. The molecule has 0 amide bonds. The third-order valence-corrected chi connectivity index (χ3v) is 4.30. The van der Waals surface area contributed by atoms with Crippen molar-refractivity contribution in [1.82, 2.24) is 29.7 Å². The van der Waals surface area contributed by atoms with Gasteiger partial charge in [0.15, 0.2) is 5.65 Å². The molecule has 0 saturated carbocycles. The Morgan fingerprint density at radius 1 is 1.04 bits per heavy atom. The van der Waals surface area contributed by atoms with Gasteiger partial charge in [0.2, 0.25) is 11.9 Å². The molecule has 1 aromatic carbocycles. The zero-order valence-corrected chi connectivity index (χ0v) is 15.9. The molecule has 9 nitrogen and oxygen atoms in total. The largest absolute Gasteiger partial charge is 0.347 e. The van der Waals surface area contributed by atoms with Crippen LogP contribution in [-0.2, 0) is 6.54 Å². The molecule has 4 aromatic rings. The van der Waals surface area contributed by atoms with E-state index in [4.69, 9.17) is 0 Å². The van der Waals surface area contributed by atoms with Gasteiger partial charge in [-0.25, -0.2) is 14.6 Å². The minimum atomic E-state index is -0.228. The number of fused-ring (bicyclic) bond motifs is 1. The van der Waals surface area contributed by atoms with Gasteiger partial charge in [0.25, 0.3) is 5.56 Å². The maximum atomic E-state index is 12.5. The molecule has 0 bridgehead atoms. The molecule has 0 radical (unpaired) electrons. The summed E-state index contributed by atoms with van der Waals surface area (Å²) in [6.45, 7) is 0.502. The van der Waals surface area contributed by atoms with Gasteiger partial charge in [-0.2, -0.15) is 10.1 Å². The van der Waals surface area contributed by atoms with Crippen LogP contribution in [0.15, 0.2) is 53.7 Å². The number of anilines is 2. The minimum Gasteiger partial charge on any atom is -0.347 e. The number of aromatic amines is 1. The fourth-order valence-electron chi connectivity index (χ4n) is 2.86. The molecule has 3 heterocycles. The van der Waals surface area contributed by atoms with Crippen LogP contribution in [0.3, 0.4) is 0 Å². The summed E-state index contributed by atoms with van der Waals surface area (Å²) in [7, 11) is 5.63. The Morgan fingerprint density at radius 2 is 1.75 bits per heavy atom. The van der Waals surface area contributed by atoms with Crippen LogP contribution >= 0.6 is 0 Å². The lowest BCUT2D eigenvalue weighted by atomic mass is 10.3. The zero-order valence-electron chi connectivity index (χ0n) is 15.9. The number of benzene rings is 1. The van der Waals surface area contributed by atoms with E-state index >= 15 is 0 Å². The molecule has 142 valence electrons. The van der Waals surface area contributed by atoms with Crippen molar-refractivity contribution in [3.63, 3.8) is 0 Å². The van der Waals surface area contributed by atoms with Crippen LogP contribution in [0.2, 0.25) is 0 Å². The van der Waals surface area contributed by atoms with Gasteiger partial charge in [-0.15, -0.1) is 0 Å². The number of aromatic nitrogens is 6. The van der Waals surface area contributed by atoms with Crippen LogP contribution in [0.4, 0.5) is 11.9 Å². The first kappa shape index (κ1) is 17.7. The van der Waals surface area contributed by atoms with Crippen molar-refractivity contribution in [2.75, 3.05) is 30.9 Å². The molecular weight excluding hydrogens is 356 g/mol. The van der Waals surface area contributed by atoms with Crippen molar-refractivity contribution < 1.29 is 0 Å². The summed E-state index contributed by atoms with van der Waals surface area (Å²) in [5, 5.41) is 4.77. The molecule has 0 spiro atoms. The van der Waals surface area contributed by atoms with E-state index in [1.807, 2.05) is 61.3 Å². The molecule has 0 aliphatic rings. The fraction of sp³-hybridized carbons (Fsp3) is 0.211. The number of hydrogen-bond donors (Lipinski definition) is 1. The van der Waals surface area contributed by atoms with E-state index in [2.05, 4.69) is 25.0 Å². The van der Waals surface area contributed by atoms with Crippen LogP contribution in [0.25, 0.3) is 16.7 Å². The van der Waals surface area contributed by atoms with Crippen molar-refractivity contribution in [3.8, 4) is 5.69 Å². The summed E-state index contributed by atoms with van der Waals surface area (Å²) in [5.74, 6) is 1.10. The molecule has 28 heavy (non-hydrogen) atoms. The lowest BCUT2D eigenvalue weighted by Crippen LogP contribution is -2.23. The Bertz CT molecular complexity index is 1150. The van der Waals surface area contributed by atoms with E-state index in [0.29, 0.717) is 29.5 Å². The Balaban J connectivity index is 1.67. The molecule has 0 unspecified atom stereocenters. The van der Waals surface area contributed by atoms with E-state index in [1.54, 1.807) is 17.1 Å². The molecule has 0 fully saturated rings. The van der Waals surface area contributed by atoms with Gasteiger partial charge in [0, 0.05) is 45.6 Å². The lowest BCUT2D eigenvalue weighted by molar-refractivity contribution is 0.841. The van der Waals surface area contributed by atoms with Crippen molar-refractivity contribution in [2.45, 2.75) is 6.54 Å². The summed E-state index contributed by atoms with van der Waals surface area (Å²) in [6, 6.07) is 9.60. The Labute approximate surface area is 161 Å². The summed E-state index contributed by atoms with van der Waals surface area (Å²) in [4.78, 5) is 32.3. The number of hydrogen-bond acceptors (Lipinski definition) is 7. The second-order valence-corrected chi connectivity index (χ2v) is 6.66. The third kappa shape index (κ3) is 3.29. The van der Waals surface area contributed by atoms with E-state index in [1.165, 1.54) is 6.20 Å². The van der Waals surface area contributed by atoms with E-state index in [-0.39, 0.29) is 5.56 Å². The van der Waals surface area contributed by atoms with Crippen molar-refractivity contribution >= 4 is 22.9 Å². The maximum absolute atomic E-state index is 12.5. The Kier molecular flexibility index (Phi) is 4.48. The standard InChI is InChI=1S/C19H20N8O/c1-25(2)18-20-9-13(10-21-18)12-26(3)19-23-16-15(17(28)24-19)11-22-27(16)14-7-5-4-6-8-14/h4-11H,12H2,1-3H3,(H,23,24,28). The van der Waals surface area contributed by atoms with Gasteiger partial charge in [-0.3, -0.25) is 9.78 Å². The van der Waals surface area contributed by atoms with Crippen LogP contribution in [0.5, 0.6) is 0 Å². The number of rotatable bonds is 5. The van der Waals surface area contributed by atoms with Gasteiger partial charge in [-0.1, -0.05) is 18.2 Å². The normalized spacial score (nSPS) is 11.0. The van der Waals surface area contributed by atoms with Gasteiger partial charge >= 0.3 is 0 Å². The smallest absolute Gasteiger partial charge is 0.263 e. The first-order chi connectivity index (χ1) is 13.5. The quantitative estimate of drug-likeness (QED) is 0.565. The molecule has 0 aliphatic carbocycles. The van der Waals surface area contributed by atoms with Crippen molar-refractivity contribution in [3.05, 3.63) is 64.8 Å². The first-order valence-corrected chi connectivity index (χ1v) is 8.76. The number of H-pyrrole nitrogens is 1. The van der Waals surface area contributed by atoms with E-state index in [0.717, 1.165) is 11.3 Å². The fourth-order valence-corrected chi connectivity index (χ4v) is 2.86. The average Bonchev–Trinajstić information content (AvgIpc) is 3.13. The van der Waals surface area contributed by atoms with Crippen LogP contribution in [-0.4, -0.2) is 50.9 Å². The van der Waals surface area contributed by atoms with E-state index < -0.39 is 0 Å². The summed E-state index contributed by atoms with van der Waals surface area (Å²) in [6.07, 6.45) is 5.07. The molecule has 0 atom stereocenters. The highest BCUT2D eigenvalue weighted by molar-refractivity contribution is 5.76. The molecule has 0 saturated heterocycles. The SMILES string of the molecule is CN(C)c1ncc(CN(C)c2nc3c(cnn3-c3ccccc3)c(=O)[nH]2)cn1. The van der Waals surface area contributed by atoms with Gasteiger partial charge in [0.1, 0.15) is 5.39 Å². The van der Waals surface area contributed by atoms with Crippen molar-refractivity contribution in [1.29, 1.82) is 0 Å². The van der Waals surface area contributed by atoms with E-state index in [9.17, 15) is 4.79 Å². The molecule has 9 heteroatoms. The lowest BCUT2D eigenvalue weighted by Gasteiger charge is -2.18. The number of para-hydroxylation sites is 1. The molecule has 1 N–H and O–H groups in total. The van der Waals surface area contributed by atoms with Gasteiger partial charge < -0.3 is 9.80 Å². The third-order valence-electron chi connectivity index (χ3n) is 4.30. The minimum absolute atomic E-state index is 0.228.